The van der Waals surface area contributed by atoms with Crippen LogP contribution in [0.4, 0.5) is 0 Å². The summed E-state index contributed by atoms with van der Waals surface area (Å²) >= 11 is 5.88. The fourth-order valence-electron chi connectivity index (χ4n) is 2.37. The van der Waals surface area contributed by atoms with Crippen molar-refractivity contribution < 1.29 is 4.42 Å². The van der Waals surface area contributed by atoms with Crippen molar-refractivity contribution >= 4 is 22.6 Å². The smallest absolute Gasteiger partial charge is 0.217 e. The van der Waals surface area contributed by atoms with Gasteiger partial charge in [-0.1, -0.05) is 0 Å². The molecule has 1 atom stereocenters. The summed E-state index contributed by atoms with van der Waals surface area (Å²) < 4.78 is 7.76. The molecule has 6 heteroatoms. The number of halogens is 1. The third-order valence-electron chi connectivity index (χ3n) is 3.27. The van der Waals surface area contributed by atoms with Gasteiger partial charge in [0, 0.05) is 18.5 Å². The zero-order valence-electron chi connectivity index (χ0n) is 11.4. The Balaban J connectivity index is 2.15. The molecule has 0 saturated carbocycles. The molecule has 0 saturated heterocycles. The Morgan fingerprint density at radius 3 is 2.95 bits per heavy atom. The maximum absolute atomic E-state index is 5.88. The van der Waals surface area contributed by atoms with Gasteiger partial charge in [0.1, 0.15) is 23.1 Å². The molecule has 3 aromatic heterocycles. The van der Waals surface area contributed by atoms with E-state index in [1.165, 1.54) is 0 Å². The zero-order valence-corrected chi connectivity index (χ0v) is 12.1. The molecule has 104 valence electrons. The van der Waals surface area contributed by atoms with E-state index < -0.39 is 0 Å². The summed E-state index contributed by atoms with van der Waals surface area (Å²) in [6, 6.07) is 1.92. The van der Waals surface area contributed by atoms with Gasteiger partial charge in [-0.05, 0) is 19.9 Å². The SMILES string of the molecule is Cc1cnc(C(C)n2c(CCCl)nc3cnccc32)o1. The van der Waals surface area contributed by atoms with Gasteiger partial charge >= 0.3 is 0 Å². The fraction of sp³-hybridized carbons (Fsp3) is 0.357. The molecule has 0 aliphatic heterocycles. The number of aromatic nitrogens is 4. The van der Waals surface area contributed by atoms with E-state index in [4.69, 9.17) is 16.0 Å². The van der Waals surface area contributed by atoms with Gasteiger partial charge in [0.05, 0.1) is 17.9 Å². The molecule has 5 nitrogen and oxygen atoms in total. The van der Waals surface area contributed by atoms with Gasteiger partial charge in [-0.3, -0.25) is 4.98 Å². The largest absolute Gasteiger partial charge is 0.444 e. The molecule has 0 aliphatic rings. The van der Waals surface area contributed by atoms with Crippen molar-refractivity contribution in [2.24, 2.45) is 0 Å². The topological polar surface area (TPSA) is 56.7 Å². The van der Waals surface area contributed by atoms with Crippen molar-refractivity contribution in [3.8, 4) is 0 Å². The number of nitrogens with zero attached hydrogens (tertiary/aromatic N) is 4. The number of hydrogen-bond acceptors (Lipinski definition) is 4. The summed E-state index contributed by atoms with van der Waals surface area (Å²) in [6.07, 6.45) is 5.95. The third-order valence-corrected chi connectivity index (χ3v) is 3.46. The van der Waals surface area contributed by atoms with Crippen LogP contribution in [0.2, 0.25) is 0 Å². The minimum atomic E-state index is -0.0330. The molecule has 0 N–H and O–H groups in total. The first kappa shape index (κ1) is 13.1. The molecule has 0 spiro atoms. The van der Waals surface area contributed by atoms with Crippen LogP contribution in [-0.2, 0) is 6.42 Å². The van der Waals surface area contributed by atoms with Crippen molar-refractivity contribution in [1.29, 1.82) is 0 Å². The van der Waals surface area contributed by atoms with Crippen molar-refractivity contribution in [3.05, 3.63) is 42.1 Å². The number of pyridine rings is 1. The highest BCUT2D eigenvalue weighted by Gasteiger charge is 2.20. The van der Waals surface area contributed by atoms with Crippen LogP contribution in [0.15, 0.2) is 29.1 Å². The Morgan fingerprint density at radius 1 is 1.40 bits per heavy atom. The molecule has 0 amide bonds. The average molecular weight is 291 g/mol. The molecule has 20 heavy (non-hydrogen) atoms. The predicted octanol–water partition coefficient (Wildman–Crippen LogP) is 3.12. The lowest BCUT2D eigenvalue weighted by atomic mass is 10.3. The number of aryl methyl sites for hydroxylation is 2. The van der Waals surface area contributed by atoms with Crippen LogP contribution in [0, 0.1) is 6.92 Å². The normalized spacial score (nSPS) is 12.9. The van der Waals surface area contributed by atoms with Crippen molar-refractivity contribution in [1.82, 2.24) is 19.5 Å². The van der Waals surface area contributed by atoms with E-state index in [-0.39, 0.29) is 6.04 Å². The second kappa shape index (κ2) is 5.25. The van der Waals surface area contributed by atoms with Gasteiger partial charge in [-0.2, -0.15) is 0 Å². The van der Waals surface area contributed by atoms with E-state index in [0.717, 1.165) is 22.6 Å². The first-order valence-corrected chi connectivity index (χ1v) is 7.03. The lowest BCUT2D eigenvalue weighted by Gasteiger charge is -2.14. The van der Waals surface area contributed by atoms with Crippen LogP contribution in [0.25, 0.3) is 11.0 Å². The molecule has 0 aliphatic carbocycles. The summed E-state index contributed by atoms with van der Waals surface area (Å²) in [5.74, 6) is 2.92. The highest BCUT2D eigenvalue weighted by atomic mass is 35.5. The van der Waals surface area contributed by atoms with E-state index in [0.29, 0.717) is 18.2 Å². The zero-order chi connectivity index (χ0) is 14.1. The van der Waals surface area contributed by atoms with Crippen molar-refractivity contribution in [3.63, 3.8) is 0 Å². The Bertz CT molecular complexity index is 734. The van der Waals surface area contributed by atoms with Gasteiger partial charge in [0.25, 0.3) is 0 Å². The number of rotatable bonds is 4. The van der Waals surface area contributed by atoms with Crippen LogP contribution >= 0.6 is 11.6 Å². The summed E-state index contributed by atoms with van der Waals surface area (Å²) in [5, 5.41) is 0. The summed E-state index contributed by atoms with van der Waals surface area (Å²) in [4.78, 5) is 13.0. The van der Waals surface area contributed by atoms with Crippen LogP contribution < -0.4 is 0 Å². The van der Waals surface area contributed by atoms with Crippen molar-refractivity contribution in [2.75, 3.05) is 5.88 Å². The number of oxazole rings is 1. The van der Waals surface area contributed by atoms with Gasteiger partial charge in [0.15, 0.2) is 0 Å². The Labute approximate surface area is 121 Å². The van der Waals surface area contributed by atoms with Crippen LogP contribution in [0.3, 0.4) is 0 Å². The first-order valence-electron chi connectivity index (χ1n) is 6.50. The summed E-state index contributed by atoms with van der Waals surface area (Å²) in [7, 11) is 0. The highest BCUT2D eigenvalue weighted by Crippen LogP contribution is 2.25. The second-order valence-corrected chi connectivity index (χ2v) is 5.06. The minimum absolute atomic E-state index is 0.0330. The van der Waals surface area contributed by atoms with E-state index in [2.05, 4.69) is 19.5 Å². The minimum Gasteiger partial charge on any atom is -0.444 e. The number of imidazole rings is 1. The standard InChI is InChI=1S/C14H15ClN4O/c1-9-7-17-14(20-9)10(2)19-12-4-6-16-8-11(12)18-13(19)3-5-15/h4,6-8,10H,3,5H2,1-2H3. The molecule has 0 fully saturated rings. The lowest BCUT2D eigenvalue weighted by molar-refractivity contribution is 0.414. The third kappa shape index (κ3) is 2.18. The van der Waals surface area contributed by atoms with Crippen LogP contribution in [-0.4, -0.2) is 25.4 Å². The monoisotopic (exact) mass is 290 g/mol. The number of fused-ring (bicyclic) bond motifs is 1. The maximum Gasteiger partial charge on any atom is 0.217 e. The predicted molar refractivity (Wildman–Crippen MR) is 77.0 cm³/mol. The number of alkyl halides is 1. The lowest BCUT2D eigenvalue weighted by Crippen LogP contribution is -2.11. The van der Waals surface area contributed by atoms with Crippen LogP contribution in [0.1, 0.15) is 30.4 Å². The summed E-state index contributed by atoms with van der Waals surface area (Å²) in [6.45, 7) is 3.93. The van der Waals surface area contributed by atoms with E-state index in [1.54, 1.807) is 18.6 Å². The first-order chi connectivity index (χ1) is 9.70. The molecular weight excluding hydrogens is 276 g/mol. The van der Waals surface area contributed by atoms with Gasteiger partial charge in [-0.25, -0.2) is 9.97 Å². The molecule has 0 bridgehead atoms. The van der Waals surface area contributed by atoms with Gasteiger partial charge < -0.3 is 8.98 Å². The quantitative estimate of drug-likeness (QED) is 0.693. The molecule has 3 aromatic rings. The molecule has 0 aromatic carbocycles. The number of hydrogen-bond donors (Lipinski definition) is 0. The van der Waals surface area contributed by atoms with E-state index in [9.17, 15) is 0 Å². The summed E-state index contributed by atoms with van der Waals surface area (Å²) in [5.41, 5.74) is 1.88. The average Bonchev–Trinajstić information content (AvgIpc) is 3.02. The van der Waals surface area contributed by atoms with Gasteiger partial charge in [0.2, 0.25) is 5.89 Å². The molecule has 3 heterocycles. The fourth-order valence-corrected chi connectivity index (χ4v) is 2.54. The molecule has 0 radical (unpaired) electrons. The second-order valence-electron chi connectivity index (χ2n) is 4.69. The van der Waals surface area contributed by atoms with E-state index >= 15 is 0 Å². The molecule has 1 unspecified atom stereocenters. The molecule has 3 rings (SSSR count). The van der Waals surface area contributed by atoms with Crippen LogP contribution in [0.5, 0.6) is 0 Å². The maximum atomic E-state index is 5.88. The molecular formula is C14H15ClN4O. The van der Waals surface area contributed by atoms with Crippen molar-refractivity contribution in [2.45, 2.75) is 26.3 Å². The Kier molecular flexibility index (Phi) is 3.44. The Hall–Kier alpha value is -1.88. The van der Waals surface area contributed by atoms with E-state index in [1.807, 2.05) is 19.9 Å². The van der Waals surface area contributed by atoms with Gasteiger partial charge in [-0.15, -0.1) is 11.6 Å². The Morgan fingerprint density at radius 2 is 2.25 bits per heavy atom. The highest BCUT2D eigenvalue weighted by molar-refractivity contribution is 6.17.